The summed E-state index contributed by atoms with van der Waals surface area (Å²) in [5, 5.41) is 9.75. The first-order valence-electron chi connectivity index (χ1n) is 7.96. The van der Waals surface area contributed by atoms with Gasteiger partial charge in [0.1, 0.15) is 11.9 Å². The lowest BCUT2D eigenvalue weighted by Crippen LogP contribution is -2.43. The fraction of sp³-hybridized carbons (Fsp3) is 0.625. The second kappa shape index (κ2) is 6.07. The lowest BCUT2D eigenvalue weighted by atomic mass is 9.94. The van der Waals surface area contributed by atoms with Crippen molar-refractivity contribution in [1.82, 2.24) is 14.9 Å². The first-order valence-corrected chi connectivity index (χ1v) is 8.34. The molecule has 2 aliphatic rings. The number of likely N-dealkylation sites (tertiary alicyclic amines) is 1. The highest BCUT2D eigenvalue weighted by molar-refractivity contribution is 6.33. The van der Waals surface area contributed by atoms with Crippen LogP contribution in [0.5, 0.6) is 0 Å². The number of carbonyl (C=O) groups excluding carboxylic acids is 1. The number of rotatable bonds is 3. The zero-order valence-electron chi connectivity index (χ0n) is 13.2. The normalized spacial score (nSPS) is 26.6. The summed E-state index contributed by atoms with van der Waals surface area (Å²) in [6.45, 7) is 4.33. The predicted molar refractivity (Wildman–Crippen MR) is 84.4 cm³/mol. The van der Waals surface area contributed by atoms with Crippen LogP contribution in [-0.4, -0.2) is 44.4 Å². The molecule has 1 aliphatic heterocycles. The molecule has 3 unspecified atom stereocenters. The molecule has 1 aromatic heterocycles. The van der Waals surface area contributed by atoms with E-state index < -0.39 is 17.9 Å². The second-order valence-corrected chi connectivity index (χ2v) is 7.08. The maximum atomic E-state index is 12.9. The van der Waals surface area contributed by atoms with Gasteiger partial charge in [0.05, 0.1) is 11.2 Å². The third-order valence-corrected chi connectivity index (χ3v) is 5.16. The molecule has 3 atom stereocenters. The number of halogens is 1. The van der Waals surface area contributed by atoms with Crippen LogP contribution in [0.25, 0.3) is 0 Å². The van der Waals surface area contributed by atoms with Crippen LogP contribution in [0.1, 0.15) is 55.3 Å². The third-order valence-electron chi connectivity index (χ3n) is 4.89. The van der Waals surface area contributed by atoms with E-state index in [0.717, 1.165) is 19.3 Å². The standard InChI is InChI=1S/C16H20ClN3O3/c1-8(2)14-18-6-11(17)12(19-14)15(21)20-7-9-4-3-5-10(9)13(20)16(22)23/h6,8-10,13H,3-5,7H2,1-2H3,(H,22,23). The Balaban J connectivity index is 1.93. The minimum Gasteiger partial charge on any atom is -0.480 e. The number of nitrogens with zero attached hydrogens (tertiary/aromatic N) is 3. The quantitative estimate of drug-likeness (QED) is 0.916. The first kappa shape index (κ1) is 16.2. The monoisotopic (exact) mass is 337 g/mol. The molecule has 124 valence electrons. The molecule has 1 N–H and O–H groups in total. The molecule has 23 heavy (non-hydrogen) atoms. The Bertz CT molecular complexity index is 649. The molecule has 1 saturated carbocycles. The molecule has 3 rings (SSSR count). The lowest BCUT2D eigenvalue weighted by Gasteiger charge is -2.24. The van der Waals surface area contributed by atoms with Gasteiger partial charge in [-0.3, -0.25) is 4.79 Å². The highest BCUT2D eigenvalue weighted by Crippen LogP contribution is 2.42. The van der Waals surface area contributed by atoms with Gasteiger partial charge in [0, 0.05) is 12.5 Å². The van der Waals surface area contributed by atoms with Crippen LogP contribution < -0.4 is 0 Å². The van der Waals surface area contributed by atoms with Gasteiger partial charge in [0.25, 0.3) is 5.91 Å². The van der Waals surface area contributed by atoms with E-state index in [9.17, 15) is 14.7 Å². The van der Waals surface area contributed by atoms with Gasteiger partial charge >= 0.3 is 5.97 Å². The van der Waals surface area contributed by atoms with E-state index in [1.165, 1.54) is 11.1 Å². The van der Waals surface area contributed by atoms with Crippen molar-refractivity contribution >= 4 is 23.5 Å². The number of aliphatic carboxylic acids is 1. The van der Waals surface area contributed by atoms with Gasteiger partial charge in [0.2, 0.25) is 0 Å². The van der Waals surface area contributed by atoms with Crippen molar-refractivity contribution in [3.05, 3.63) is 22.7 Å². The topological polar surface area (TPSA) is 83.4 Å². The van der Waals surface area contributed by atoms with E-state index >= 15 is 0 Å². The number of amides is 1. The summed E-state index contributed by atoms with van der Waals surface area (Å²) in [6.07, 6.45) is 4.30. The molecule has 0 spiro atoms. The maximum absolute atomic E-state index is 12.9. The fourth-order valence-corrected chi connectivity index (χ4v) is 3.95. The van der Waals surface area contributed by atoms with Crippen LogP contribution in [0.4, 0.5) is 0 Å². The Morgan fingerprint density at radius 1 is 1.39 bits per heavy atom. The van der Waals surface area contributed by atoms with Gasteiger partial charge in [-0.15, -0.1) is 0 Å². The minimum absolute atomic E-state index is 0.0432. The molecule has 0 radical (unpaired) electrons. The summed E-state index contributed by atoms with van der Waals surface area (Å²) >= 11 is 6.10. The van der Waals surface area contributed by atoms with Crippen LogP contribution in [-0.2, 0) is 4.79 Å². The largest absolute Gasteiger partial charge is 0.480 e. The Hall–Kier alpha value is -1.69. The highest BCUT2D eigenvalue weighted by Gasteiger charge is 2.50. The molecule has 1 aromatic rings. The van der Waals surface area contributed by atoms with E-state index in [1.54, 1.807) is 0 Å². The molecule has 0 aromatic carbocycles. The SMILES string of the molecule is CC(C)c1ncc(Cl)c(C(=O)N2CC3CCCC3C2C(=O)O)n1. The molecule has 6 nitrogen and oxygen atoms in total. The molecule has 1 amide bonds. The highest BCUT2D eigenvalue weighted by atomic mass is 35.5. The van der Waals surface area contributed by atoms with E-state index in [4.69, 9.17) is 11.6 Å². The number of carbonyl (C=O) groups is 2. The number of carboxylic acid groups (broad SMARTS) is 1. The summed E-state index contributed by atoms with van der Waals surface area (Å²) in [5.74, 6) is -0.439. The van der Waals surface area contributed by atoms with Gasteiger partial charge in [0.15, 0.2) is 5.69 Å². The van der Waals surface area contributed by atoms with Gasteiger partial charge < -0.3 is 10.0 Å². The number of fused-ring (bicyclic) bond motifs is 1. The van der Waals surface area contributed by atoms with Crippen LogP contribution in [0.2, 0.25) is 5.02 Å². The van der Waals surface area contributed by atoms with Gasteiger partial charge in [-0.05, 0) is 24.7 Å². The second-order valence-electron chi connectivity index (χ2n) is 6.67. The maximum Gasteiger partial charge on any atom is 0.326 e. The van der Waals surface area contributed by atoms with Crippen molar-refractivity contribution in [3.63, 3.8) is 0 Å². The molecule has 1 saturated heterocycles. The third kappa shape index (κ3) is 2.80. The van der Waals surface area contributed by atoms with E-state index in [2.05, 4.69) is 9.97 Å². The fourth-order valence-electron chi connectivity index (χ4n) is 3.78. The first-order chi connectivity index (χ1) is 10.9. The Labute approximate surface area is 139 Å². The molecule has 0 bridgehead atoms. The van der Waals surface area contributed by atoms with Crippen molar-refractivity contribution < 1.29 is 14.7 Å². The van der Waals surface area contributed by atoms with Crippen LogP contribution in [0.3, 0.4) is 0 Å². The van der Waals surface area contributed by atoms with Crippen molar-refractivity contribution in [2.45, 2.75) is 45.1 Å². The summed E-state index contributed by atoms with van der Waals surface area (Å²) in [7, 11) is 0. The minimum atomic E-state index is -0.943. The average molecular weight is 338 g/mol. The summed E-state index contributed by atoms with van der Waals surface area (Å²) in [6, 6.07) is -0.775. The molecular formula is C16H20ClN3O3. The van der Waals surface area contributed by atoms with Gasteiger partial charge in [-0.2, -0.15) is 0 Å². The van der Waals surface area contributed by atoms with Crippen LogP contribution in [0, 0.1) is 11.8 Å². The lowest BCUT2D eigenvalue weighted by molar-refractivity contribution is -0.142. The van der Waals surface area contributed by atoms with Crippen molar-refractivity contribution in [1.29, 1.82) is 0 Å². The zero-order valence-corrected chi connectivity index (χ0v) is 14.0. The smallest absolute Gasteiger partial charge is 0.326 e. The predicted octanol–water partition coefficient (Wildman–Crippen LogP) is 2.58. The molecule has 1 aliphatic carbocycles. The number of aromatic nitrogens is 2. The van der Waals surface area contributed by atoms with Crippen molar-refractivity contribution in [2.24, 2.45) is 11.8 Å². The summed E-state index contributed by atoms with van der Waals surface area (Å²) < 4.78 is 0. The zero-order chi connectivity index (χ0) is 16.7. The Morgan fingerprint density at radius 2 is 2.13 bits per heavy atom. The van der Waals surface area contributed by atoms with E-state index in [-0.39, 0.29) is 28.5 Å². The molecule has 2 heterocycles. The summed E-state index contributed by atoms with van der Waals surface area (Å²) in [4.78, 5) is 34.4. The van der Waals surface area contributed by atoms with E-state index in [1.807, 2.05) is 13.8 Å². The number of hydrogen-bond donors (Lipinski definition) is 1. The Kier molecular flexibility index (Phi) is 4.27. The molecule has 2 fully saturated rings. The molecule has 7 heteroatoms. The van der Waals surface area contributed by atoms with Crippen LogP contribution in [0.15, 0.2) is 6.20 Å². The molecular weight excluding hydrogens is 318 g/mol. The number of carboxylic acids is 1. The van der Waals surface area contributed by atoms with E-state index in [0.29, 0.717) is 12.4 Å². The van der Waals surface area contributed by atoms with Crippen LogP contribution >= 0.6 is 11.6 Å². The van der Waals surface area contributed by atoms with Crippen molar-refractivity contribution in [3.8, 4) is 0 Å². The average Bonchev–Trinajstić information content (AvgIpc) is 3.06. The van der Waals surface area contributed by atoms with Crippen molar-refractivity contribution in [2.75, 3.05) is 6.54 Å². The Morgan fingerprint density at radius 3 is 2.78 bits per heavy atom. The summed E-state index contributed by atoms with van der Waals surface area (Å²) in [5.41, 5.74) is 0.108. The number of hydrogen-bond acceptors (Lipinski definition) is 4. The van der Waals surface area contributed by atoms with Gasteiger partial charge in [-0.1, -0.05) is 31.9 Å². The van der Waals surface area contributed by atoms with Gasteiger partial charge in [-0.25, -0.2) is 14.8 Å².